The summed E-state index contributed by atoms with van der Waals surface area (Å²) in [5.41, 5.74) is 8.05. The lowest BCUT2D eigenvalue weighted by Gasteiger charge is -2.37. The topological polar surface area (TPSA) is 133 Å². The maximum absolute atomic E-state index is 13.8. The number of nitrogen functional groups attached to an aromatic ring is 1. The van der Waals surface area contributed by atoms with E-state index in [2.05, 4.69) is 26.2 Å². The van der Waals surface area contributed by atoms with Gasteiger partial charge in [-0.3, -0.25) is 9.78 Å². The number of aromatic nitrogens is 3. The summed E-state index contributed by atoms with van der Waals surface area (Å²) in [5, 5.41) is 7.84. The van der Waals surface area contributed by atoms with Crippen LogP contribution in [0.3, 0.4) is 0 Å². The number of benzene rings is 2. The van der Waals surface area contributed by atoms with Crippen molar-refractivity contribution < 1.29 is 9.59 Å². The number of amides is 3. The quantitative estimate of drug-likeness (QED) is 0.276. The van der Waals surface area contributed by atoms with Crippen LogP contribution in [0.1, 0.15) is 42.9 Å². The molecule has 0 aliphatic carbocycles. The van der Waals surface area contributed by atoms with Gasteiger partial charge in [0.25, 0.3) is 0 Å². The van der Waals surface area contributed by atoms with Crippen LogP contribution >= 0.6 is 11.6 Å². The van der Waals surface area contributed by atoms with Gasteiger partial charge in [-0.1, -0.05) is 47.9 Å². The van der Waals surface area contributed by atoms with E-state index in [0.717, 1.165) is 18.4 Å². The number of nitrogens with two attached hydrogens (primary N) is 1. The fourth-order valence-corrected chi connectivity index (χ4v) is 6.28. The summed E-state index contributed by atoms with van der Waals surface area (Å²) in [7, 11) is 4.10. The van der Waals surface area contributed by atoms with Crippen LogP contribution in [-0.2, 0) is 11.2 Å². The summed E-state index contributed by atoms with van der Waals surface area (Å²) in [6.07, 6.45) is 8.69. The number of aromatic amines is 1. The summed E-state index contributed by atoms with van der Waals surface area (Å²) in [5.74, 6) is 2.92. The molecule has 1 aromatic heterocycles. The van der Waals surface area contributed by atoms with Crippen LogP contribution in [0.15, 0.2) is 47.3 Å². The smallest absolute Gasteiger partial charge is 0.343 e. The van der Waals surface area contributed by atoms with Crippen LogP contribution in [0, 0.1) is 12.3 Å². The number of piperidine rings is 2. The van der Waals surface area contributed by atoms with Gasteiger partial charge >= 0.3 is 11.7 Å². The Morgan fingerprint density at radius 3 is 2.41 bits per heavy atom. The first-order chi connectivity index (χ1) is 21.1. The Labute approximate surface area is 262 Å². The lowest BCUT2D eigenvalue weighted by atomic mass is 9.99. The molecule has 3 heterocycles. The number of likely N-dealkylation sites (tertiary alicyclic amines) is 2. The Hall–Kier alpha value is -4.27. The molecule has 0 unspecified atom stereocenters. The molecule has 0 saturated carbocycles. The van der Waals surface area contributed by atoms with Gasteiger partial charge < -0.3 is 25.8 Å². The summed E-state index contributed by atoms with van der Waals surface area (Å²) < 4.78 is 1.48. The van der Waals surface area contributed by atoms with Gasteiger partial charge in [-0.05, 0) is 57.5 Å². The van der Waals surface area contributed by atoms with Gasteiger partial charge in [0.15, 0.2) is 5.82 Å². The molecule has 3 aromatic rings. The van der Waals surface area contributed by atoms with E-state index in [1.807, 2.05) is 49.3 Å². The average Bonchev–Trinajstić information content (AvgIpc) is 3.43. The third-order valence-electron chi connectivity index (χ3n) is 8.67. The second-order valence-corrected chi connectivity index (χ2v) is 12.1. The minimum atomic E-state index is -0.816. The lowest BCUT2D eigenvalue weighted by Crippen LogP contribution is -2.56. The molecule has 2 fully saturated rings. The van der Waals surface area contributed by atoms with Crippen molar-refractivity contribution in [1.82, 2.24) is 34.8 Å². The second kappa shape index (κ2) is 13.6. The first kappa shape index (κ1) is 31.2. The molecular formula is C32H39ClN8O3. The Morgan fingerprint density at radius 1 is 1.11 bits per heavy atom. The van der Waals surface area contributed by atoms with Crippen molar-refractivity contribution in [3.05, 3.63) is 69.1 Å². The van der Waals surface area contributed by atoms with Crippen molar-refractivity contribution in [2.45, 2.75) is 50.2 Å². The summed E-state index contributed by atoms with van der Waals surface area (Å²) in [6.45, 7) is 2.06. The Kier molecular flexibility index (Phi) is 9.61. The molecule has 4 N–H and O–H groups in total. The van der Waals surface area contributed by atoms with Gasteiger partial charge in [0, 0.05) is 49.8 Å². The molecule has 1 atom stereocenters. The first-order valence-corrected chi connectivity index (χ1v) is 15.3. The summed E-state index contributed by atoms with van der Waals surface area (Å²) in [4.78, 5) is 48.6. The Balaban J connectivity index is 1.27. The van der Waals surface area contributed by atoms with Crippen LogP contribution in [0.4, 0.5) is 10.5 Å². The number of halogens is 1. The highest BCUT2D eigenvalue weighted by Crippen LogP contribution is 2.26. The number of carbonyl (C=O) groups excluding carboxylic acids is 2. The molecule has 44 heavy (non-hydrogen) atoms. The minimum Gasteiger partial charge on any atom is -0.397 e. The van der Waals surface area contributed by atoms with Gasteiger partial charge in [-0.25, -0.2) is 14.3 Å². The summed E-state index contributed by atoms with van der Waals surface area (Å²) >= 11 is 6.35. The predicted molar refractivity (Wildman–Crippen MR) is 171 cm³/mol. The van der Waals surface area contributed by atoms with Crippen molar-refractivity contribution >= 4 is 29.2 Å². The summed E-state index contributed by atoms with van der Waals surface area (Å²) in [6, 6.07) is 12.0. The molecule has 2 aliphatic rings. The molecule has 0 radical (unpaired) electrons. The van der Waals surface area contributed by atoms with E-state index in [-0.39, 0.29) is 30.1 Å². The van der Waals surface area contributed by atoms with Crippen LogP contribution in [0.25, 0.3) is 11.4 Å². The standard InChI is InChI=1S/C32H39ClN8O3/c1-4-22-18-21(19-26(33)28(22)34)20-27(30(42)39-14-10-24(11-15-39)38(2)3)35-31(43)40-16-12-25(13-17-40)41-32(44)36-29(37-41)23-8-6-5-7-9-23/h1,5-9,18-19,24-25,27H,10-17,20,34H2,2-3H3,(H,35,43)(H,36,37,44)/t27-/m1/s1. The zero-order valence-corrected chi connectivity index (χ0v) is 25.9. The third-order valence-corrected chi connectivity index (χ3v) is 8.99. The van der Waals surface area contributed by atoms with E-state index in [9.17, 15) is 14.4 Å². The molecule has 11 nitrogen and oxygen atoms in total. The fraction of sp³-hybridized carbons (Fsp3) is 0.438. The highest BCUT2D eigenvalue weighted by Gasteiger charge is 2.33. The molecule has 0 spiro atoms. The van der Waals surface area contributed by atoms with Crippen molar-refractivity contribution in [2.24, 2.45) is 0 Å². The van der Waals surface area contributed by atoms with E-state index < -0.39 is 6.04 Å². The van der Waals surface area contributed by atoms with Gasteiger partial charge in [0.2, 0.25) is 5.91 Å². The molecule has 5 rings (SSSR count). The number of nitrogens with zero attached hydrogens (tertiary/aromatic N) is 5. The molecule has 232 valence electrons. The van der Waals surface area contributed by atoms with Crippen LogP contribution in [-0.4, -0.2) is 93.8 Å². The number of anilines is 1. The van der Waals surface area contributed by atoms with Gasteiger partial charge in [-0.2, -0.15) is 0 Å². The predicted octanol–water partition coefficient (Wildman–Crippen LogP) is 2.97. The number of nitrogens with one attached hydrogen (secondary N) is 2. The molecule has 2 saturated heterocycles. The Bertz CT molecular complexity index is 1580. The van der Waals surface area contributed by atoms with E-state index in [4.69, 9.17) is 23.8 Å². The van der Waals surface area contributed by atoms with E-state index >= 15 is 0 Å². The van der Waals surface area contributed by atoms with E-state index in [1.54, 1.807) is 17.0 Å². The lowest BCUT2D eigenvalue weighted by molar-refractivity contribution is -0.134. The zero-order chi connectivity index (χ0) is 31.4. The van der Waals surface area contributed by atoms with Crippen LogP contribution < -0.4 is 16.7 Å². The molecule has 0 bridgehead atoms. The van der Waals surface area contributed by atoms with Crippen molar-refractivity contribution in [2.75, 3.05) is 46.0 Å². The molecule has 2 aliphatic heterocycles. The maximum atomic E-state index is 13.8. The SMILES string of the molecule is C#Cc1cc(C[C@@H](NC(=O)N2CCC(n3nc(-c4ccccc4)[nH]c3=O)CC2)C(=O)N2CCC(N(C)C)CC2)cc(Cl)c1N. The molecule has 12 heteroatoms. The third kappa shape index (κ3) is 6.93. The maximum Gasteiger partial charge on any atom is 0.343 e. The molecule has 2 aromatic carbocycles. The van der Waals surface area contributed by atoms with Crippen LogP contribution in [0.5, 0.6) is 0 Å². The first-order valence-electron chi connectivity index (χ1n) is 14.9. The fourth-order valence-electron chi connectivity index (χ4n) is 6.03. The van der Waals surface area contributed by atoms with Crippen LogP contribution in [0.2, 0.25) is 5.02 Å². The van der Waals surface area contributed by atoms with Crippen molar-refractivity contribution in [1.29, 1.82) is 0 Å². The highest BCUT2D eigenvalue weighted by atomic mass is 35.5. The van der Waals surface area contributed by atoms with Gasteiger partial charge in [0.1, 0.15) is 6.04 Å². The average molecular weight is 619 g/mol. The number of carbonyl (C=O) groups is 2. The number of urea groups is 1. The molecular weight excluding hydrogens is 580 g/mol. The van der Waals surface area contributed by atoms with Crippen molar-refractivity contribution in [3.8, 4) is 23.7 Å². The molecule has 3 amide bonds. The van der Waals surface area contributed by atoms with Gasteiger partial charge in [-0.15, -0.1) is 11.5 Å². The highest BCUT2D eigenvalue weighted by molar-refractivity contribution is 6.33. The second-order valence-electron chi connectivity index (χ2n) is 11.7. The zero-order valence-electron chi connectivity index (χ0n) is 25.1. The number of hydrogen-bond donors (Lipinski definition) is 3. The minimum absolute atomic E-state index is 0.142. The number of rotatable bonds is 7. The van der Waals surface area contributed by atoms with E-state index in [1.165, 1.54) is 4.68 Å². The number of hydrogen-bond acceptors (Lipinski definition) is 6. The number of H-pyrrole nitrogens is 1. The van der Waals surface area contributed by atoms with Gasteiger partial charge in [0.05, 0.1) is 16.8 Å². The monoisotopic (exact) mass is 618 g/mol. The Morgan fingerprint density at radius 2 is 1.77 bits per heavy atom. The largest absolute Gasteiger partial charge is 0.397 e. The number of terminal acetylenes is 1. The van der Waals surface area contributed by atoms with Crippen molar-refractivity contribution in [3.63, 3.8) is 0 Å². The normalized spacial score (nSPS) is 17.0. The van der Waals surface area contributed by atoms with E-state index in [0.29, 0.717) is 72.7 Å².